The first-order valence-electron chi connectivity index (χ1n) is 8.90. The molecule has 3 rings (SSSR count). The van der Waals surface area contributed by atoms with Gasteiger partial charge in [-0.1, -0.05) is 60.7 Å². The minimum absolute atomic E-state index is 0.375. The molecule has 5 heteroatoms. The first-order chi connectivity index (χ1) is 12.7. The minimum atomic E-state index is -0.951. The lowest BCUT2D eigenvalue weighted by Crippen LogP contribution is -2.38. The first-order valence-corrected chi connectivity index (χ1v) is 8.90. The summed E-state index contributed by atoms with van der Waals surface area (Å²) in [7, 11) is 0. The van der Waals surface area contributed by atoms with Crippen molar-refractivity contribution in [3.05, 3.63) is 71.8 Å². The van der Waals surface area contributed by atoms with Crippen molar-refractivity contribution in [2.45, 2.75) is 6.92 Å². The maximum atomic E-state index is 12.0. The lowest BCUT2D eigenvalue weighted by atomic mass is 10.0. The van der Waals surface area contributed by atoms with Crippen LogP contribution in [0.3, 0.4) is 0 Å². The Hall–Kier alpha value is -2.79. The molecule has 0 radical (unpaired) electrons. The van der Waals surface area contributed by atoms with Crippen LogP contribution < -0.4 is 0 Å². The third kappa shape index (κ3) is 3.89. The van der Waals surface area contributed by atoms with Crippen molar-refractivity contribution in [2.75, 3.05) is 32.8 Å². The maximum absolute atomic E-state index is 12.0. The zero-order valence-corrected chi connectivity index (χ0v) is 15.0. The van der Waals surface area contributed by atoms with Gasteiger partial charge in [0, 0.05) is 25.2 Å². The van der Waals surface area contributed by atoms with Crippen molar-refractivity contribution in [2.24, 2.45) is 0 Å². The van der Waals surface area contributed by atoms with E-state index in [1.807, 2.05) is 67.6 Å². The number of nitrogens with zero attached hydrogens (tertiary/aromatic N) is 2. The number of amides is 1. The van der Waals surface area contributed by atoms with Gasteiger partial charge in [-0.3, -0.25) is 4.90 Å². The zero-order valence-electron chi connectivity index (χ0n) is 15.0. The monoisotopic (exact) mass is 352 g/mol. The summed E-state index contributed by atoms with van der Waals surface area (Å²) in [6.07, 6.45) is -0.951. The van der Waals surface area contributed by atoms with Crippen LogP contribution in [0.4, 0.5) is 4.79 Å². The van der Waals surface area contributed by atoms with Crippen molar-refractivity contribution >= 4 is 17.5 Å². The molecular weight excluding hydrogens is 328 g/mol. The standard InChI is InChI=1S/C21H24N2O3/c1-2-23(21(24)25)20(18-11-7-4-8-12-18)19(17-9-5-3-6-10-17)22-13-15-26-16-14-22/h3-12H,2,13-16H2,1H3,(H,24,25). The SMILES string of the molecule is CCN(C(=O)O)C(=C(c1ccccc1)N1CCOCC1)c1ccccc1. The van der Waals surface area contributed by atoms with Gasteiger partial charge in [0.25, 0.3) is 0 Å². The van der Waals surface area contributed by atoms with Crippen molar-refractivity contribution in [3.63, 3.8) is 0 Å². The van der Waals surface area contributed by atoms with Crippen LogP contribution in [0.25, 0.3) is 11.4 Å². The van der Waals surface area contributed by atoms with Crippen LogP contribution in [0.1, 0.15) is 18.1 Å². The van der Waals surface area contributed by atoms with Gasteiger partial charge in [-0.05, 0) is 12.5 Å². The third-order valence-electron chi connectivity index (χ3n) is 4.46. The Balaban J connectivity index is 2.26. The van der Waals surface area contributed by atoms with E-state index in [4.69, 9.17) is 4.74 Å². The molecule has 0 aliphatic carbocycles. The summed E-state index contributed by atoms with van der Waals surface area (Å²) in [5.74, 6) is 0. The second kappa shape index (κ2) is 8.54. The fraction of sp³-hybridized carbons (Fsp3) is 0.286. The molecule has 0 atom stereocenters. The van der Waals surface area contributed by atoms with Crippen molar-refractivity contribution in [3.8, 4) is 0 Å². The highest BCUT2D eigenvalue weighted by Crippen LogP contribution is 2.32. The van der Waals surface area contributed by atoms with Crippen LogP contribution >= 0.6 is 0 Å². The molecule has 1 aliphatic rings. The van der Waals surface area contributed by atoms with E-state index in [0.29, 0.717) is 25.5 Å². The van der Waals surface area contributed by atoms with E-state index in [1.165, 1.54) is 4.90 Å². The molecule has 1 N–H and O–H groups in total. The van der Waals surface area contributed by atoms with E-state index in [-0.39, 0.29) is 0 Å². The summed E-state index contributed by atoms with van der Waals surface area (Å²) in [5, 5.41) is 9.85. The van der Waals surface area contributed by atoms with E-state index in [0.717, 1.165) is 29.9 Å². The number of rotatable bonds is 5. The number of hydrogen-bond donors (Lipinski definition) is 1. The summed E-state index contributed by atoms with van der Waals surface area (Å²) in [5.41, 5.74) is 3.55. The average Bonchev–Trinajstić information content (AvgIpc) is 2.70. The van der Waals surface area contributed by atoms with Crippen LogP contribution in [0.2, 0.25) is 0 Å². The number of benzene rings is 2. The second-order valence-electron chi connectivity index (χ2n) is 6.06. The normalized spacial score (nSPS) is 15.3. The van der Waals surface area contributed by atoms with E-state index in [2.05, 4.69) is 4.90 Å². The molecule has 1 aliphatic heterocycles. The molecule has 1 fully saturated rings. The fourth-order valence-corrected chi connectivity index (χ4v) is 3.26. The maximum Gasteiger partial charge on any atom is 0.411 e. The van der Waals surface area contributed by atoms with E-state index in [9.17, 15) is 9.90 Å². The van der Waals surface area contributed by atoms with E-state index >= 15 is 0 Å². The molecular formula is C21H24N2O3. The molecule has 0 bridgehead atoms. The van der Waals surface area contributed by atoms with Crippen LogP contribution in [0.15, 0.2) is 60.7 Å². The summed E-state index contributed by atoms with van der Waals surface area (Å²) < 4.78 is 5.51. The minimum Gasteiger partial charge on any atom is -0.465 e. The topological polar surface area (TPSA) is 53.0 Å². The number of carbonyl (C=O) groups is 1. The molecule has 0 aromatic heterocycles. The smallest absolute Gasteiger partial charge is 0.411 e. The summed E-state index contributed by atoms with van der Waals surface area (Å²) in [6, 6.07) is 19.7. The summed E-state index contributed by atoms with van der Waals surface area (Å²) in [4.78, 5) is 15.7. The quantitative estimate of drug-likeness (QED) is 0.831. The van der Waals surface area contributed by atoms with Gasteiger partial charge >= 0.3 is 6.09 Å². The van der Waals surface area contributed by atoms with E-state index in [1.54, 1.807) is 0 Å². The highest BCUT2D eigenvalue weighted by molar-refractivity contribution is 5.94. The van der Waals surface area contributed by atoms with Gasteiger partial charge in [-0.15, -0.1) is 0 Å². The average molecular weight is 352 g/mol. The van der Waals surface area contributed by atoms with Crippen LogP contribution in [-0.2, 0) is 4.74 Å². The summed E-state index contributed by atoms with van der Waals surface area (Å²) >= 11 is 0. The van der Waals surface area contributed by atoms with Gasteiger partial charge in [0.2, 0.25) is 0 Å². The highest BCUT2D eigenvalue weighted by Gasteiger charge is 2.26. The Morgan fingerprint density at radius 3 is 2.04 bits per heavy atom. The van der Waals surface area contributed by atoms with Gasteiger partial charge in [0.1, 0.15) is 0 Å². The molecule has 0 spiro atoms. The number of carboxylic acid groups (broad SMARTS) is 1. The molecule has 0 saturated carbocycles. The fourth-order valence-electron chi connectivity index (χ4n) is 3.26. The Morgan fingerprint density at radius 2 is 1.54 bits per heavy atom. The first kappa shape index (κ1) is 18.0. The number of hydrogen-bond acceptors (Lipinski definition) is 3. The molecule has 0 unspecified atom stereocenters. The molecule has 1 saturated heterocycles. The lowest BCUT2D eigenvalue weighted by Gasteiger charge is -2.35. The second-order valence-corrected chi connectivity index (χ2v) is 6.06. The Kier molecular flexibility index (Phi) is 5.92. The van der Waals surface area contributed by atoms with Crippen molar-refractivity contribution in [1.29, 1.82) is 0 Å². The largest absolute Gasteiger partial charge is 0.465 e. The molecule has 1 heterocycles. The molecule has 26 heavy (non-hydrogen) atoms. The van der Waals surface area contributed by atoms with Gasteiger partial charge in [0.05, 0.1) is 24.6 Å². The Bertz CT molecular complexity index is 753. The molecule has 2 aromatic rings. The molecule has 136 valence electrons. The lowest BCUT2D eigenvalue weighted by molar-refractivity contribution is 0.0638. The third-order valence-corrected chi connectivity index (χ3v) is 4.46. The highest BCUT2D eigenvalue weighted by atomic mass is 16.5. The molecule has 2 aromatic carbocycles. The summed E-state index contributed by atoms with van der Waals surface area (Å²) in [6.45, 7) is 4.98. The molecule has 5 nitrogen and oxygen atoms in total. The van der Waals surface area contributed by atoms with Crippen LogP contribution in [0.5, 0.6) is 0 Å². The van der Waals surface area contributed by atoms with Crippen LogP contribution in [-0.4, -0.2) is 53.8 Å². The van der Waals surface area contributed by atoms with E-state index < -0.39 is 6.09 Å². The van der Waals surface area contributed by atoms with Gasteiger partial charge in [-0.25, -0.2) is 4.79 Å². The zero-order chi connectivity index (χ0) is 18.4. The van der Waals surface area contributed by atoms with Crippen LogP contribution in [0, 0.1) is 0 Å². The number of ether oxygens (including phenoxy) is 1. The Morgan fingerprint density at radius 1 is 1.00 bits per heavy atom. The molecule has 1 amide bonds. The van der Waals surface area contributed by atoms with Gasteiger partial charge < -0.3 is 14.7 Å². The Labute approximate surface area is 154 Å². The predicted octanol–water partition coefficient (Wildman–Crippen LogP) is 3.84. The van der Waals surface area contributed by atoms with Crippen molar-refractivity contribution < 1.29 is 14.6 Å². The predicted molar refractivity (Wildman–Crippen MR) is 102 cm³/mol. The number of morpholine rings is 1. The van der Waals surface area contributed by atoms with Crippen molar-refractivity contribution in [1.82, 2.24) is 9.80 Å². The van der Waals surface area contributed by atoms with Gasteiger partial charge in [0.15, 0.2) is 0 Å². The van der Waals surface area contributed by atoms with Gasteiger partial charge in [-0.2, -0.15) is 0 Å².